The highest BCUT2D eigenvalue weighted by atomic mass is 35.5. The Hall–Kier alpha value is -1.32. The number of anilines is 1. The molecule has 0 saturated heterocycles. The van der Waals surface area contributed by atoms with E-state index in [0.717, 1.165) is 18.7 Å². The van der Waals surface area contributed by atoms with E-state index in [1.54, 1.807) is 24.3 Å². The summed E-state index contributed by atoms with van der Waals surface area (Å²) in [6.07, 6.45) is 4.99. The van der Waals surface area contributed by atoms with Gasteiger partial charge in [0, 0.05) is 10.7 Å². The molecule has 0 saturated carbocycles. The van der Waals surface area contributed by atoms with Gasteiger partial charge in [0.1, 0.15) is 0 Å². The van der Waals surface area contributed by atoms with Gasteiger partial charge in [-0.3, -0.25) is 4.79 Å². The van der Waals surface area contributed by atoms with Crippen LogP contribution in [0.1, 0.15) is 13.3 Å². The summed E-state index contributed by atoms with van der Waals surface area (Å²) in [6.45, 7) is 3.10. The Balaban J connectivity index is 2.23. The Kier molecular flexibility index (Phi) is 6.37. The van der Waals surface area contributed by atoms with E-state index in [0.29, 0.717) is 11.6 Å². The predicted octanol–water partition coefficient (Wildman–Crippen LogP) is 2.83. The van der Waals surface area contributed by atoms with Crippen LogP contribution >= 0.6 is 11.6 Å². The monoisotopic (exact) mass is 252 g/mol. The predicted molar refractivity (Wildman–Crippen MR) is 72.4 cm³/mol. The topological polar surface area (TPSA) is 41.1 Å². The molecule has 92 valence electrons. The number of nitrogens with one attached hydrogen (secondary N) is 2. The van der Waals surface area contributed by atoms with Gasteiger partial charge in [0.2, 0.25) is 5.91 Å². The minimum absolute atomic E-state index is 0.0483. The van der Waals surface area contributed by atoms with E-state index >= 15 is 0 Å². The van der Waals surface area contributed by atoms with Crippen molar-refractivity contribution < 1.29 is 4.79 Å². The first-order valence-electron chi connectivity index (χ1n) is 5.59. The number of allylic oxidation sites excluding steroid dienone is 1. The molecule has 1 aromatic carbocycles. The van der Waals surface area contributed by atoms with Crippen molar-refractivity contribution in [1.29, 1.82) is 0 Å². The second-order valence-electron chi connectivity index (χ2n) is 3.59. The van der Waals surface area contributed by atoms with Gasteiger partial charge in [-0.1, -0.05) is 23.8 Å². The molecule has 1 aromatic rings. The molecule has 1 rings (SSSR count). The molecule has 0 atom stereocenters. The normalized spacial score (nSPS) is 10.7. The molecular weight excluding hydrogens is 236 g/mol. The summed E-state index contributed by atoms with van der Waals surface area (Å²) in [5.74, 6) is -0.0483. The molecule has 0 radical (unpaired) electrons. The first-order valence-corrected chi connectivity index (χ1v) is 5.97. The van der Waals surface area contributed by atoms with Gasteiger partial charge in [-0.2, -0.15) is 0 Å². The van der Waals surface area contributed by atoms with E-state index in [-0.39, 0.29) is 5.91 Å². The maximum atomic E-state index is 11.5. The van der Waals surface area contributed by atoms with Gasteiger partial charge in [0.25, 0.3) is 0 Å². The van der Waals surface area contributed by atoms with E-state index in [4.69, 9.17) is 11.6 Å². The average molecular weight is 253 g/mol. The highest BCUT2D eigenvalue weighted by Crippen LogP contribution is 2.12. The maximum absolute atomic E-state index is 11.5. The standard InChI is InChI=1S/C13H17ClN2O/c1-2-3-4-9-15-10-13(17)16-12-7-5-11(14)6-8-12/h2-3,5-8,15H,4,9-10H2,1H3,(H,16,17)/b3-2+. The largest absolute Gasteiger partial charge is 0.325 e. The van der Waals surface area contributed by atoms with Crippen LogP contribution in [0.3, 0.4) is 0 Å². The quantitative estimate of drug-likeness (QED) is 0.604. The Morgan fingerprint density at radius 3 is 2.71 bits per heavy atom. The first kappa shape index (κ1) is 13.7. The van der Waals surface area contributed by atoms with E-state index in [1.807, 2.05) is 13.0 Å². The van der Waals surface area contributed by atoms with Gasteiger partial charge in [-0.05, 0) is 44.2 Å². The smallest absolute Gasteiger partial charge is 0.238 e. The van der Waals surface area contributed by atoms with Crippen LogP contribution < -0.4 is 10.6 Å². The lowest BCUT2D eigenvalue weighted by atomic mass is 10.3. The zero-order valence-corrected chi connectivity index (χ0v) is 10.6. The summed E-state index contributed by atoms with van der Waals surface area (Å²) >= 11 is 5.75. The molecule has 1 amide bonds. The lowest BCUT2D eigenvalue weighted by Crippen LogP contribution is -2.28. The molecule has 3 nitrogen and oxygen atoms in total. The third kappa shape index (κ3) is 6.09. The number of hydrogen-bond donors (Lipinski definition) is 2. The molecule has 0 heterocycles. The van der Waals surface area contributed by atoms with Gasteiger partial charge < -0.3 is 10.6 Å². The molecule has 2 N–H and O–H groups in total. The van der Waals surface area contributed by atoms with Crippen LogP contribution in [0, 0.1) is 0 Å². The summed E-state index contributed by atoms with van der Waals surface area (Å²) in [5, 5.41) is 6.50. The van der Waals surface area contributed by atoms with Gasteiger partial charge in [-0.15, -0.1) is 0 Å². The first-order chi connectivity index (χ1) is 8.22. The summed E-state index contributed by atoms with van der Waals surface area (Å²) in [7, 11) is 0. The summed E-state index contributed by atoms with van der Waals surface area (Å²) < 4.78 is 0. The van der Waals surface area contributed by atoms with E-state index in [1.165, 1.54) is 0 Å². The van der Waals surface area contributed by atoms with Crippen LogP contribution in [0.4, 0.5) is 5.69 Å². The van der Waals surface area contributed by atoms with Crippen molar-refractivity contribution in [3.05, 3.63) is 41.4 Å². The molecule has 0 aromatic heterocycles. The molecule has 0 aliphatic rings. The average Bonchev–Trinajstić information content (AvgIpc) is 2.32. The lowest BCUT2D eigenvalue weighted by molar-refractivity contribution is -0.115. The Morgan fingerprint density at radius 1 is 1.35 bits per heavy atom. The lowest BCUT2D eigenvalue weighted by Gasteiger charge is -2.05. The van der Waals surface area contributed by atoms with Crippen LogP contribution in [0.5, 0.6) is 0 Å². The van der Waals surface area contributed by atoms with Gasteiger partial charge in [0.15, 0.2) is 0 Å². The SMILES string of the molecule is C/C=C/CCNCC(=O)Nc1ccc(Cl)cc1. The minimum Gasteiger partial charge on any atom is -0.325 e. The fourth-order valence-corrected chi connectivity index (χ4v) is 1.42. The van der Waals surface area contributed by atoms with Crippen LogP contribution in [-0.2, 0) is 4.79 Å². The molecule has 0 bridgehead atoms. The number of amides is 1. The van der Waals surface area contributed by atoms with Crippen molar-refractivity contribution >= 4 is 23.2 Å². The number of benzene rings is 1. The molecule has 0 spiro atoms. The van der Waals surface area contributed by atoms with Crippen molar-refractivity contribution in [1.82, 2.24) is 5.32 Å². The van der Waals surface area contributed by atoms with Crippen LogP contribution in [0.15, 0.2) is 36.4 Å². The Labute approximate surface area is 107 Å². The second kappa shape index (κ2) is 7.87. The zero-order chi connectivity index (χ0) is 12.5. The van der Waals surface area contributed by atoms with E-state index < -0.39 is 0 Å². The third-order valence-corrected chi connectivity index (χ3v) is 2.39. The van der Waals surface area contributed by atoms with Crippen molar-refractivity contribution in [3.8, 4) is 0 Å². The van der Waals surface area contributed by atoms with Crippen LogP contribution in [0.2, 0.25) is 5.02 Å². The van der Waals surface area contributed by atoms with E-state index in [2.05, 4.69) is 16.7 Å². The van der Waals surface area contributed by atoms with Crippen LogP contribution in [-0.4, -0.2) is 19.0 Å². The molecule has 0 fully saturated rings. The summed E-state index contributed by atoms with van der Waals surface area (Å²) in [4.78, 5) is 11.5. The van der Waals surface area contributed by atoms with Crippen molar-refractivity contribution in [2.45, 2.75) is 13.3 Å². The molecule has 0 aliphatic carbocycles. The van der Waals surface area contributed by atoms with Gasteiger partial charge in [0.05, 0.1) is 6.54 Å². The fraction of sp³-hybridized carbons (Fsp3) is 0.308. The van der Waals surface area contributed by atoms with Gasteiger partial charge in [-0.25, -0.2) is 0 Å². The maximum Gasteiger partial charge on any atom is 0.238 e. The fourth-order valence-electron chi connectivity index (χ4n) is 1.29. The molecule has 0 unspecified atom stereocenters. The highest BCUT2D eigenvalue weighted by Gasteiger charge is 2.00. The molecular formula is C13H17ClN2O. The number of carbonyl (C=O) groups excluding carboxylic acids is 1. The zero-order valence-electron chi connectivity index (χ0n) is 9.87. The minimum atomic E-state index is -0.0483. The molecule has 4 heteroatoms. The summed E-state index contributed by atoms with van der Waals surface area (Å²) in [6, 6.07) is 7.05. The molecule has 17 heavy (non-hydrogen) atoms. The number of halogens is 1. The third-order valence-electron chi connectivity index (χ3n) is 2.14. The Morgan fingerprint density at radius 2 is 2.06 bits per heavy atom. The van der Waals surface area contributed by atoms with Gasteiger partial charge >= 0.3 is 0 Å². The Bertz CT molecular complexity index is 374. The van der Waals surface area contributed by atoms with E-state index in [9.17, 15) is 4.79 Å². The number of rotatable bonds is 6. The molecule has 0 aliphatic heterocycles. The number of hydrogen-bond acceptors (Lipinski definition) is 2. The second-order valence-corrected chi connectivity index (χ2v) is 4.03. The van der Waals surface area contributed by atoms with Crippen LogP contribution in [0.25, 0.3) is 0 Å². The van der Waals surface area contributed by atoms with Crippen molar-refractivity contribution in [2.75, 3.05) is 18.4 Å². The van der Waals surface area contributed by atoms with Crippen molar-refractivity contribution in [2.24, 2.45) is 0 Å². The summed E-state index contributed by atoms with van der Waals surface area (Å²) in [5.41, 5.74) is 0.759. The highest BCUT2D eigenvalue weighted by molar-refractivity contribution is 6.30. The van der Waals surface area contributed by atoms with Crippen molar-refractivity contribution in [3.63, 3.8) is 0 Å². The number of carbonyl (C=O) groups is 1.